The van der Waals surface area contributed by atoms with Crippen LogP contribution in [0, 0.1) is 21.4 Å². The molecule has 0 bridgehead atoms. The van der Waals surface area contributed by atoms with Crippen LogP contribution in [0.1, 0.15) is 11.1 Å². The van der Waals surface area contributed by atoms with Crippen molar-refractivity contribution in [1.29, 1.82) is 5.26 Å². The molecule has 0 heterocycles. The first-order valence-corrected chi connectivity index (χ1v) is 4.42. The van der Waals surface area contributed by atoms with Gasteiger partial charge in [0.05, 0.1) is 23.0 Å². The zero-order valence-electron chi connectivity index (χ0n) is 7.81. The topological polar surface area (TPSA) is 104 Å². The molecule has 0 aliphatic rings. The molecule has 7 heteroatoms. The van der Waals surface area contributed by atoms with Gasteiger partial charge in [-0.05, 0) is 12.1 Å². The number of nitrogens with zero attached hydrogens (tertiary/aromatic N) is 2. The fraction of sp³-hybridized carbons (Fsp3) is 0.111. The lowest BCUT2D eigenvalue weighted by molar-refractivity contribution is -0.385. The molecule has 0 aliphatic heterocycles. The minimum atomic E-state index is -1.23. The van der Waals surface area contributed by atoms with Crippen molar-refractivity contribution in [2.75, 3.05) is 0 Å². The number of carboxylic acids is 1. The molecule has 0 aliphatic carbocycles. The van der Waals surface area contributed by atoms with Gasteiger partial charge in [-0.1, -0.05) is 11.6 Å². The van der Waals surface area contributed by atoms with Gasteiger partial charge < -0.3 is 5.11 Å². The first kappa shape index (κ1) is 11.9. The summed E-state index contributed by atoms with van der Waals surface area (Å²) in [6.45, 7) is 0. The van der Waals surface area contributed by atoms with Crippen molar-refractivity contribution < 1.29 is 14.8 Å². The van der Waals surface area contributed by atoms with Crippen LogP contribution in [0.5, 0.6) is 0 Å². The summed E-state index contributed by atoms with van der Waals surface area (Å²) < 4.78 is 0. The molecule has 1 rings (SSSR count). The number of aliphatic carboxylic acids is 1. The van der Waals surface area contributed by atoms with E-state index in [2.05, 4.69) is 0 Å². The predicted octanol–water partition coefficient (Wildman–Crippen LogP) is 1.75. The average Bonchev–Trinajstić information content (AvgIpc) is 2.14. The lowest BCUT2D eigenvalue weighted by Gasteiger charge is -2.02. The van der Waals surface area contributed by atoms with Crippen molar-refractivity contribution in [3.8, 4) is 6.07 Å². The van der Waals surface area contributed by atoms with Crippen molar-refractivity contribution in [2.24, 2.45) is 0 Å². The molecule has 0 radical (unpaired) electrons. The van der Waals surface area contributed by atoms with E-state index < -0.39 is 23.0 Å². The van der Waals surface area contributed by atoms with E-state index in [0.717, 1.165) is 12.1 Å². The number of halogens is 1. The van der Waals surface area contributed by atoms with Crippen molar-refractivity contribution in [1.82, 2.24) is 0 Å². The van der Waals surface area contributed by atoms with Crippen LogP contribution in [-0.4, -0.2) is 16.0 Å². The molecule has 1 aromatic rings. The maximum atomic E-state index is 10.7. The third-order valence-electron chi connectivity index (χ3n) is 1.80. The second-order valence-electron chi connectivity index (χ2n) is 2.91. The number of hydrogen-bond acceptors (Lipinski definition) is 4. The minimum absolute atomic E-state index is 0.0819. The molecule has 0 saturated heterocycles. The Morgan fingerprint density at radius 1 is 1.62 bits per heavy atom. The fourth-order valence-corrected chi connectivity index (χ4v) is 1.53. The highest BCUT2D eigenvalue weighted by Gasteiger charge is 2.21. The second-order valence-corrected chi connectivity index (χ2v) is 3.31. The number of nitro groups is 1. The smallest absolute Gasteiger partial charge is 0.308 e. The number of rotatable bonds is 3. The Labute approximate surface area is 94.8 Å². The number of benzene rings is 1. The Bertz CT molecular complexity index is 507. The molecule has 0 saturated carbocycles. The Morgan fingerprint density at radius 3 is 2.69 bits per heavy atom. The van der Waals surface area contributed by atoms with E-state index in [-0.39, 0.29) is 16.1 Å². The highest BCUT2D eigenvalue weighted by Crippen LogP contribution is 2.30. The molecule has 0 spiro atoms. The van der Waals surface area contributed by atoms with E-state index in [9.17, 15) is 14.9 Å². The molecular weight excluding hydrogens is 236 g/mol. The van der Waals surface area contributed by atoms with Gasteiger partial charge in [-0.3, -0.25) is 14.9 Å². The first-order valence-electron chi connectivity index (χ1n) is 4.04. The van der Waals surface area contributed by atoms with Crippen LogP contribution < -0.4 is 0 Å². The van der Waals surface area contributed by atoms with Gasteiger partial charge in [0, 0.05) is 5.56 Å². The molecular formula is C9H5ClN2O4. The van der Waals surface area contributed by atoms with Gasteiger partial charge in [0.15, 0.2) is 0 Å². The fourth-order valence-electron chi connectivity index (χ4n) is 1.22. The molecule has 1 N–H and O–H groups in total. The predicted molar refractivity (Wildman–Crippen MR) is 54.2 cm³/mol. The summed E-state index contributed by atoms with van der Waals surface area (Å²) in [7, 11) is 0. The summed E-state index contributed by atoms with van der Waals surface area (Å²) >= 11 is 5.61. The van der Waals surface area contributed by atoms with Gasteiger partial charge in [-0.15, -0.1) is 0 Å². The van der Waals surface area contributed by atoms with Crippen molar-refractivity contribution in [3.05, 3.63) is 38.4 Å². The Balaban J connectivity index is 3.41. The number of carboxylic acid groups (broad SMARTS) is 1. The van der Waals surface area contributed by atoms with Crippen molar-refractivity contribution in [3.63, 3.8) is 0 Å². The molecule has 82 valence electrons. The molecule has 0 amide bonds. The lowest BCUT2D eigenvalue weighted by Crippen LogP contribution is -2.04. The normalized spacial score (nSPS) is 9.50. The molecule has 0 unspecified atom stereocenters. The molecule has 1 aromatic carbocycles. The van der Waals surface area contributed by atoms with E-state index in [1.165, 1.54) is 0 Å². The summed E-state index contributed by atoms with van der Waals surface area (Å²) in [5, 5.41) is 27.6. The van der Waals surface area contributed by atoms with Crippen LogP contribution in [0.25, 0.3) is 0 Å². The minimum Gasteiger partial charge on any atom is -0.481 e. The molecule has 0 fully saturated rings. The van der Waals surface area contributed by atoms with Gasteiger partial charge in [-0.2, -0.15) is 5.26 Å². The van der Waals surface area contributed by atoms with Crippen molar-refractivity contribution >= 4 is 23.3 Å². The summed E-state index contributed by atoms with van der Waals surface area (Å²) in [4.78, 5) is 20.4. The number of nitro benzene ring substituents is 1. The first-order chi connectivity index (χ1) is 7.45. The largest absolute Gasteiger partial charge is 0.481 e. The zero-order chi connectivity index (χ0) is 12.3. The van der Waals surface area contributed by atoms with Gasteiger partial charge >= 0.3 is 5.97 Å². The summed E-state index contributed by atoms with van der Waals surface area (Å²) in [6.07, 6.45) is -0.550. The number of carbonyl (C=O) groups is 1. The van der Waals surface area contributed by atoms with Gasteiger partial charge in [-0.25, -0.2) is 0 Å². The van der Waals surface area contributed by atoms with E-state index in [1.807, 2.05) is 0 Å². The molecule has 16 heavy (non-hydrogen) atoms. The standard InChI is InChI=1S/C9H5ClN2O4/c10-7-2-5(4-11)1-6(3-8(13)14)9(7)12(15)16/h1-2H,3H2,(H,13,14). The Hall–Kier alpha value is -2.13. The summed E-state index contributed by atoms with van der Waals surface area (Å²) in [6, 6.07) is 4.03. The van der Waals surface area contributed by atoms with Crippen LogP contribution in [0.2, 0.25) is 5.02 Å². The highest BCUT2D eigenvalue weighted by molar-refractivity contribution is 6.33. The van der Waals surface area contributed by atoms with Crippen LogP contribution >= 0.6 is 11.6 Å². The maximum Gasteiger partial charge on any atom is 0.308 e. The lowest BCUT2D eigenvalue weighted by atomic mass is 10.1. The maximum absolute atomic E-state index is 10.7. The van der Waals surface area contributed by atoms with Crippen LogP contribution in [0.4, 0.5) is 5.69 Å². The van der Waals surface area contributed by atoms with E-state index in [0.29, 0.717) is 0 Å². The zero-order valence-corrected chi connectivity index (χ0v) is 8.56. The van der Waals surface area contributed by atoms with Gasteiger partial charge in [0.25, 0.3) is 5.69 Å². The number of nitriles is 1. The summed E-state index contributed by atoms with van der Waals surface area (Å²) in [5.41, 5.74) is -0.462. The second kappa shape index (κ2) is 4.59. The van der Waals surface area contributed by atoms with E-state index >= 15 is 0 Å². The Morgan fingerprint density at radius 2 is 2.25 bits per heavy atom. The molecule has 0 atom stereocenters. The molecule has 6 nitrogen and oxygen atoms in total. The summed E-state index contributed by atoms with van der Waals surface area (Å²) in [5.74, 6) is -1.23. The highest BCUT2D eigenvalue weighted by atomic mass is 35.5. The Kier molecular flexibility index (Phi) is 3.43. The van der Waals surface area contributed by atoms with Gasteiger partial charge in [0.1, 0.15) is 5.02 Å². The van der Waals surface area contributed by atoms with Crippen LogP contribution in [-0.2, 0) is 11.2 Å². The van der Waals surface area contributed by atoms with Crippen LogP contribution in [0.15, 0.2) is 12.1 Å². The quantitative estimate of drug-likeness (QED) is 0.640. The van der Waals surface area contributed by atoms with E-state index in [1.54, 1.807) is 6.07 Å². The third-order valence-corrected chi connectivity index (χ3v) is 2.08. The van der Waals surface area contributed by atoms with Crippen LogP contribution in [0.3, 0.4) is 0 Å². The monoisotopic (exact) mass is 240 g/mol. The van der Waals surface area contributed by atoms with Crippen molar-refractivity contribution in [2.45, 2.75) is 6.42 Å². The number of hydrogen-bond donors (Lipinski definition) is 1. The van der Waals surface area contributed by atoms with Gasteiger partial charge in [0.2, 0.25) is 0 Å². The SMILES string of the molecule is N#Cc1cc(Cl)c([N+](=O)[O-])c(CC(=O)O)c1. The third kappa shape index (κ3) is 2.46. The average molecular weight is 241 g/mol. The molecule has 0 aromatic heterocycles. The van der Waals surface area contributed by atoms with E-state index in [4.69, 9.17) is 22.0 Å².